The molecule has 0 aromatic carbocycles. The van der Waals surface area contributed by atoms with Crippen LogP contribution in [-0.2, 0) is 0 Å². The Hall–Kier alpha value is -1.49. The quantitative estimate of drug-likeness (QED) is 0.467. The van der Waals surface area contributed by atoms with E-state index in [-0.39, 0.29) is 0 Å². The molecule has 0 aliphatic carbocycles. The minimum atomic E-state index is 0.311. The van der Waals surface area contributed by atoms with E-state index in [4.69, 9.17) is 5.26 Å². The summed E-state index contributed by atoms with van der Waals surface area (Å²) in [5, 5.41) is 8.19. The maximum Gasteiger partial charge on any atom is 0.0912 e. The monoisotopic (exact) mass is 162 g/mol. The van der Waals surface area contributed by atoms with E-state index in [2.05, 4.69) is 13.5 Å². The lowest BCUT2D eigenvalue weighted by molar-refractivity contribution is 0.409. The number of nitrogens with zero attached hydrogens (tertiary/aromatic N) is 2. The predicted octanol–water partition coefficient (Wildman–Crippen LogP) is 2.09. The van der Waals surface area contributed by atoms with Gasteiger partial charge in [0.05, 0.1) is 6.07 Å². The summed E-state index contributed by atoms with van der Waals surface area (Å²) in [4.78, 5) is 1.98. The zero-order valence-corrected chi connectivity index (χ0v) is 7.57. The molecular weight excluding hydrogens is 148 g/mol. The Labute approximate surface area is 74.1 Å². The fraction of sp³-hybridized carbons (Fsp3) is 0.300. The van der Waals surface area contributed by atoms with Gasteiger partial charge in [0.25, 0.3) is 0 Å². The minimum Gasteiger partial charge on any atom is -0.375 e. The van der Waals surface area contributed by atoms with Crippen molar-refractivity contribution >= 4 is 0 Å². The third kappa shape index (κ3) is 4.35. The van der Waals surface area contributed by atoms with Crippen LogP contribution in [0.5, 0.6) is 0 Å². The molecule has 0 saturated carbocycles. The van der Waals surface area contributed by atoms with Crippen molar-refractivity contribution in [2.24, 2.45) is 0 Å². The van der Waals surface area contributed by atoms with Crippen molar-refractivity contribution in [3.05, 3.63) is 37.1 Å². The highest BCUT2D eigenvalue weighted by molar-refractivity contribution is 5.13. The fourth-order valence-electron chi connectivity index (χ4n) is 0.626. The smallest absolute Gasteiger partial charge is 0.0912 e. The molecule has 0 rings (SSSR count). The number of nitriles is 1. The average Bonchev–Trinajstić information content (AvgIpc) is 2.10. The molecule has 0 aromatic rings. The number of allylic oxidation sites excluding steroid dienone is 3. The average molecular weight is 162 g/mol. The second-order valence-corrected chi connectivity index (χ2v) is 2.46. The van der Waals surface area contributed by atoms with Crippen molar-refractivity contribution in [1.82, 2.24) is 4.90 Å². The molecule has 64 valence electrons. The number of rotatable bonds is 4. The third-order valence-corrected chi connectivity index (χ3v) is 1.60. The Balaban J connectivity index is 3.92. The van der Waals surface area contributed by atoms with E-state index in [0.29, 0.717) is 6.04 Å². The molecule has 0 saturated heterocycles. The van der Waals surface area contributed by atoms with Gasteiger partial charge in [-0.3, -0.25) is 0 Å². The van der Waals surface area contributed by atoms with Gasteiger partial charge in [-0.1, -0.05) is 24.8 Å². The van der Waals surface area contributed by atoms with Crippen molar-refractivity contribution < 1.29 is 0 Å². The van der Waals surface area contributed by atoms with Crippen LogP contribution in [0, 0.1) is 11.3 Å². The molecule has 0 bridgehead atoms. The van der Waals surface area contributed by atoms with Gasteiger partial charge in [-0.2, -0.15) is 5.26 Å². The van der Waals surface area contributed by atoms with Crippen molar-refractivity contribution in [3.63, 3.8) is 0 Å². The van der Waals surface area contributed by atoms with Crippen LogP contribution in [0.1, 0.15) is 6.92 Å². The van der Waals surface area contributed by atoms with Gasteiger partial charge in [-0.15, -0.1) is 0 Å². The maximum atomic E-state index is 8.19. The lowest BCUT2D eigenvalue weighted by atomic mass is 10.3. The van der Waals surface area contributed by atoms with Gasteiger partial charge in [-0.05, 0) is 13.1 Å². The van der Waals surface area contributed by atoms with Gasteiger partial charge >= 0.3 is 0 Å². The van der Waals surface area contributed by atoms with E-state index in [1.165, 1.54) is 6.08 Å². The third-order valence-electron chi connectivity index (χ3n) is 1.60. The molecule has 12 heavy (non-hydrogen) atoms. The molecule has 0 aliphatic rings. The van der Waals surface area contributed by atoms with Crippen LogP contribution in [0.25, 0.3) is 0 Å². The summed E-state index contributed by atoms with van der Waals surface area (Å²) in [7, 11) is 1.95. The molecule has 0 radical (unpaired) electrons. The van der Waals surface area contributed by atoms with Gasteiger partial charge in [-0.25, -0.2) is 0 Å². The Morgan fingerprint density at radius 3 is 2.67 bits per heavy atom. The molecule has 1 unspecified atom stereocenters. The van der Waals surface area contributed by atoms with Gasteiger partial charge in [0.2, 0.25) is 0 Å². The van der Waals surface area contributed by atoms with E-state index in [1.54, 1.807) is 12.3 Å². The van der Waals surface area contributed by atoms with Crippen LogP contribution >= 0.6 is 0 Å². The second-order valence-electron chi connectivity index (χ2n) is 2.46. The Morgan fingerprint density at radius 1 is 1.50 bits per heavy atom. The summed E-state index contributed by atoms with van der Waals surface area (Å²) in [5.74, 6) is 0. The molecule has 0 aromatic heterocycles. The Morgan fingerprint density at radius 2 is 2.17 bits per heavy atom. The normalized spacial score (nSPS) is 13.1. The highest BCUT2D eigenvalue weighted by Gasteiger charge is 1.96. The zero-order chi connectivity index (χ0) is 9.40. The summed E-state index contributed by atoms with van der Waals surface area (Å²) in [5.41, 5.74) is 0. The van der Waals surface area contributed by atoms with Gasteiger partial charge in [0.15, 0.2) is 0 Å². The van der Waals surface area contributed by atoms with E-state index in [1.807, 2.05) is 30.2 Å². The molecule has 1 atom stereocenters. The summed E-state index contributed by atoms with van der Waals surface area (Å²) in [6, 6.07) is 2.23. The molecule has 0 N–H and O–H groups in total. The van der Waals surface area contributed by atoms with Gasteiger partial charge in [0.1, 0.15) is 0 Å². The highest BCUT2D eigenvalue weighted by Crippen LogP contribution is 1.96. The number of hydrogen-bond donors (Lipinski definition) is 0. The first kappa shape index (κ1) is 10.5. The van der Waals surface area contributed by atoms with Crippen LogP contribution in [0.4, 0.5) is 0 Å². The standard InChI is InChI=1S/C10H14N2/c1-4-12(3)10(2)8-6-5-7-9-11/h4-8,10H,1H2,2-3H3/b7-5+,8-6-. The lowest BCUT2D eigenvalue weighted by Gasteiger charge is -2.18. The minimum absolute atomic E-state index is 0.311. The van der Waals surface area contributed by atoms with E-state index >= 15 is 0 Å². The number of hydrogen-bond acceptors (Lipinski definition) is 2. The highest BCUT2D eigenvalue weighted by atomic mass is 15.1. The molecule has 2 nitrogen and oxygen atoms in total. The van der Waals surface area contributed by atoms with Gasteiger partial charge < -0.3 is 4.90 Å². The first-order chi connectivity index (χ1) is 5.72. The fourth-order valence-corrected chi connectivity index (χ4v) is 0.626. The molecule has 2 heteroatoms. The molecular formula is C10H14N2. The van der Waals surface area contributed by atoms with Crippen LogP contribution in [0.2, 0.25) is 0 Å². The van der Waals surface area contributed by atoms with Crippen molar-refractivity contribution in [2.45, 2.75) is 13.0 Å². The van der Waals surface area contributed by atoms with E-state index in [0.717, 1.165) is 0 Å². The van der Waals surface area contributed by atoms with Crippen LogP contribution in [0.3, 0.4) is 0 Å². The number of likely N-dealkylation sites (N-methyl/N-ethyl adjacent to an activating group) is 1. The summed E-state index contributed by atoms with van der Waals surface area (Å²) >= 11 is 0. The van der Waals surface area contributed by atoms with E-state index in [9.17, 15) is 0 Å². The summed E-state index contributed by atoms with van der Waals surface area (Å²) in [6.07, 6.45) is 8.77. The van der Waals surface area contributed by atoms with Crippen LogP contribution in [-0.4, -0.2) is 18.0 Å². The second kappa shape index (κ2) is 6.23. The molecule has 0 heterocycles. The van der Waals surface area contributed by atoms with Crippen molar-refractivity contribution in [3.8, 4) is 6.07 Å². The Bertz CT molecular complexity index is 220. The maximum absolute atomic E-state index is 8.19. The van der Waals surface area contributed by atoms with Crippen LogP contribution < -0.4 is 0 Å². The van der Waals surface area contributed by atoms with Crippen molar-refractivity contribution in [2.75, 3.05) is 7.05 Å². The first-order valence-corrected chi connectivity index (χ1v) is 3.79. The zero-order valence-electron chi connectivity index (χ0n) is 7.57. The topological polar surface area (TPSA) is 27.0 Å². The first-order valence-electron chi connectivity index (χ1n) is 3.79. The molecule has 0 spiro atoms. The van der Waals surface area contributed by atoms with Gasteiger partial charge in [0, 0.05) is 19.2 Å². The SMILES string of the molecule is C=CN(C)C(C)/C=C\C=C\C#N. The predicted molar refractivity (Wildman–Crippen MR) is 51.3 cm³/mol. The van der Waals surface area contributed by atoms with Crippen LogP contribution in [0.15, 0.2) is 37.1 Å². The molecule has 0 amide bonds. The lowest BCUT2D eigenvalue weighted by Crippen LogP contribution is -2.20. The Kier molecular flexibility index (Phi) is 5.46. The molecule has 0 aliphatic heterocycles. The largest absolute Gasteiger partial charge is 0.375 e. The summed E-state index contributed by atoms with van der Waals surface area (Å²) < 4.78 is 0. The summed E-state index contributed by atoms with van der Waals surface area (Å²) in [6.45, 7) is 5.70. The van der Waals surface area contributed by atoms with E-state index < -0.39 is 0 Å². The van der Waals surface area contributed by atoms with Crippen molar-refractivity contribution in [1.29, 1.82) is 5.26 Å². The molecule has 0 fully saturated rings.